The van der Waals surface area contributed by atoms with Gasteiger partial charge < -0.3 is 29.0 Å². The van der Waals surface area contributed by atoms with E-state index in [1.54, 1.807) is 68.5 Å². The van der Waals surface area contributed by atoms with Crippen molar-refractivity contribution in [3.05, 3.63) is 60.7 Å². The third-order valence-electron chi connectivity index (χ3n) is 6.02. The third kappa shape index (κ3) is 8.23. The topological polar surface area (TPSA) is 126 Å². The van der Waals surface area contributed by atoms with E-state index in [0.29, 0.717) is 48.9 Å². The summed E-state index contributed by atoms with van der Waals surface area (Å²) < 4.78 is 16.0. The maximum atomic E-state index is 13.2. The average Bonchev–Trinajstić information content (AvgIpc) is 3.43. The predicted octanol–water partition coefficient (Wildman–Crippen LogP) is 6.00. The number of carbonyl (C=O) groups is 3. The first-order valence-corrected chi connectivity index (χ1v) is 13.4. The van der Waals surface area contributed by atoms with Crippen molar-refractivity contribution in [1.82, 2.24) is 9.88 Å². The Bertz CT molecular complexity index is 1370. The van der Waals surface area contributed by atoms with Crippen LogP contribution in [0, 0.1) is 0 Å². The van der Waals surface area contributed by atoms with Crippen LogP contribution in [0.4, 0.5) is 26.8 Å². The van der Waals surface area contributed by atoms with Crippen molar-refractivity contribution in [2.45, 2.75) is 52.7 Å². The summed E-state index contributed by atoms with van der Waals surface area (Å²) in [6.45, 7) is 13.1. The molecule has 3 heterocycles. The van der Waals surface area contributed by atoms with Gasteiger partial charge in [-0.15, -0.1) is 0 Å². The second-order valence-corrected chi connectivity index (χ2v) is 11.7. The van der Waals surface area contributed by atoms with Crippen LogP contribution in [0.25, 0.3) is 11.1 Å². The zero-order valence-corrected chi connectivity index (χ0v) is 24.3. The molecule has 0 radical (unpaired) electrons. The summed E-state index contributed by atoms with van der Waals surface area (Å²) in [4.78, 5) is 46.2. The normalized spacial score (nSPS) is 13.9. The molecule has 3 amide bonds. The Hall–Kier alpha value is -4.54. The molecule has 218 valence electrons. The molecule has 4 rings (SSSR count). The first kappa shape index (κ1) is 29.4. The minimum absolute atomic E-state index is 0.325. The molecule has 11 heteroatoms. The number of anilines is 3. The molecule has 41 heavy (non-hydrogen) atoms. The molecule has 1 aliphatic heterocycles. The van der Waals surface area contributed by atoms with Crippen LogP contribution in [0.15, 0.2) is 59.5 Å². The third-order valence-corrected chi connectivity index (χ3v) is 6.02. The maximum Gasteiger partial charge on any atom is 0.412 e. The Kier molecular flexibility index (Phi) is 8.55. The van der Waals surface area contributed by atoms with Gasteiger partial charge in [-0.3, -0.25) is 10.1 Å². The number of pyridine rings is 1. The summed E-state index contributed by atoms with van der Waals surface area (Å²) in [7, 11) is 0. The van der Waals surface area contributed by atoms with Gasteiger partial charge in [0.15, 0.2) is 0 Å². The Morgan fingerprint density at radius 3 is 2.12 bits per heavy atom. The largest absolute Gasteiger partial charge is 0.472 e. The first-order valence-electron chi connectivity index (χ1n) is 13.4. The smallest absolute Gasteiger partial charge is 0.412 e. The number of aromatic nitrogens is 1. The van der Waals surface area contributed by atoms with Crippen molar-refractivity contribution in [2.75, 3.05) is 41.7 Å². The molecule has 0 saturated carbocycles. The number of nitrogens with zero attached hydrogens (tertiary/aromatic N) is 3. The molecule has 1 aromatic carbocycles. The molecule has 3 aromatic rings. The van der Waals surface area contributed by atoms with E-state index in [4.69, 9.17) is 13.9 Å². The lowest BCUT2D eigenvalue weighted by molar-refractivity contribution is 0.0240. The van der Waals surface area contributed by atoms with Gasteiger partial charge in [-0.1, -0.05) is 6.07 Å². The predicted molar refractivity (Wildman–Crippen MR) is 156 cm³/mol. The standard InChI is InChI=1S/C30H37N5O6/c1-29(2,3)40-27(37)33-23-9-7-20(22-11-16-39-19-22)17-24(23)32-26(36)21-8-10-25(31-18-21)34-12-14-35(15-13-34)28(38)41-30(4,5)6/h7-11,16-19H,12-15H2,1-6H3,(H,32,36)(H,33,37). The van der Waals surface area contributed by atoms with Crippen LogP contribution in [-0.4, -0.2) is 65.4 Å². The average molecular weight is 564 g/mol. The zero-order valence-electron chi connectivity index (χ0n) is 24.3. The molecule has 0 atom stereocenters. The van der Waals surface area contributed by atoms with E-state index in [1.807, 2.05) is 26.8 Å². The van der Waals surface area contributed by atoms with Gasteiger partial charge in [0, 0.05) is 37.9 Å². The summed E-state index contributed by atoms with van der Waals surface area (Å²) in [6.07, 6.45) is 3.70. The highest BCUT2D eigenvalue weighted by atomic mass is 16.6. The molecule has 2 N–H and O–H groups in total. The van der Waals surface area contributed by atoms with Crippen molar-refractivity contribution < 1.29 is 28.3 Å². The van der Waals surface area contributed by atoms with Crippen molar-refractivity contribution in [3.63, 3.8) is 0 Å². The van der Waals surface area contributed by atoms with E-state index >= 15 is 0 Å². The van der Waals surface area contributed by atoms with E-state index < -0.39 is 23.2 Å². The lowest BCUT2D eigenvalue weighted by Gasteiger charge is -2.36. The number of amides is 3. The Morgan fingerprint density at radius 1 is 0.829 bits per heavy atom. The number of benzene rings is 1. The van der Waals surface area contributed by atoms with Gasteiger partial charge in [-0.25, -0.2) is 14.6 Å². The molecular formula is C30H37N5O6. The second-order valence-electron chi connectivity index (χ2n) is 11.7. The van der Waals surface area contributed by atoms with Gasteiger partial charge >= 0.3 is 12.2 Å². The molecule has 2 aromatic heterocycles. The van der Waals surface area contributed by atoms with E-state index in [0.717, 1.165) is 11.1 Å². The fourth-order valence-electron chi connectivity index (χ4n) is 4.13. The van der Waals surface area contributed by atoms with Gasteiger partial charge in [0.2, 0.25) is 0 Å². The van der Waals surface area contributed by atoms with Gasteiger partial charge in [0.25, 0.3) is 5.91 Å². The van der Waals surface area contributed by atoms with Crippen molar-refractivity contribution in [3.8, 4) is 11.1 Å². The number of piperazine rings is 1. The molecule has 1 fully saturated rings. The fraction of sp³-hybridized carbons (Fsp3) is 0.400. The number of hydrogen-bond donors (Lipinski definition) is 2. The van der Waals surface area contributed by atoms with Gasteiger partial charge in [0.05, 0.1) is 29.5 Å². The van der Waals surface area contributed by atoms with E-state index in [9.17, 15) is 14.4 Å². The van der Waals surface area contributed by atoms with E-state index in [-0.39, 0.29) is 6.09 Å². The van der Waals surface area contributed by atoms with E-state index in [2.05, 4.69) is 20.5 Å². The maximum absolute atomic E-state index is 13.2. The molecule has 0 spiro atoms. The Balaban J connectivity index is 1.44. The second kappa shape index (κ2) is 11.9. The number of ether oxygens (including phenoxy) is 2. The quantitative estimate of drug-likeness (QED) is 0.387. The van der Waals surface area contributed by atoms with Crippen LogP contribution in [0.2, 0.25) is 0 Å². The number of nitrogens with one attached hydrogen (secondary N) is 2. The summed E-state index contributed by atoms with van der Waals surface area (Å²) in [5.41, 5.74) is 1.51. The summed E-state index contributed by atoms with van der Waals surface area (Å²) in [6, 6.07) is 10.5. The molecule has 1 saturated heterocycles. The number of rotatable bonds is 5. The Labute approximate surface area is 239 Å². The van der Waals surface area contributed by atoms with Crippen LogP contribution in [0.5, 0.6) is 0 Å². The van der Waals surface area contributed by atoms with Gasteiger partial charge in [-0.05, 0) is 77.4 Å². The van der Waals surface area contributed by atoms with Crippen LogP contribution in [0.1, 0.15) is 51.9 Å². The molecule has 1 aliphatic rings. The van der Waals surface area contributed by atoms with Crippen molar-refractivity contribution >= 4 is 35.3 Å². The van der Waals surface area contributed by atoms with Crippen LogP contribution >= 0.6 is 0 Å². The highest BCUT2D eigenvalue weighted by Gasteiger charge is 2.26. The minimum Gasteiger partial charge on any atom is -0.472 e. The summed E-state index contributed by atoms with van der Waals surface area (Å²) >= 11 is 0. The SMILES string of the molecule is CC(C)(C)OC(=O)Nc1ccc(-c2ccoc2)cc1NC(=O)c1ccc(N2CCN(C(=O)OC(C)(C)C)CC2)nc1. The minimum atomic E-state index is -0.681. The lowest BCUT2D eigenvalue weighted by atomic mass is 10.1. The van der Waals surface area contributed by atoms with Crippen molar-refractivity contribution in [2.24, 2.45) is 0 Å². The first-order chi connectivity index (χ1) is 19.3. The fourth-order valence-corrected chi connectivity index (χ4v) is 4.13. The Morgan fingerprint density at radius 2 is 1.54 bits per heavy atom. The van der Waals surface area contributed by atoms with Gasteiger partial charge in [-0.2, -0.15) is 0 Å². The summed E-state index contributed by atoms with van der Waals surface area (Å²) in [5.74, 6) is 0.315. The van der Waals surface area contributed by atoms with Gasteiger partial charge in [0.1, 0.15) is 17.0 Å². The molecule has 11 nitrogen and oxygen atoms in total. The molecular weight excluding hydrogens is 526 g/mol. The number of furan rings is 1. The van der Waals surface area contributed by atoms with Crippen molar-refractivity contribution in [1.29, 1.82) is 0 Å². The number of hydrogen-bond acceptors (Lipinski definition) is 8. The highest BCUT2D eigenvalue weighted by Crippen LogP contribution is 2.30. The molecule has 0 unspecified atom stereocenters. The number of carbonyl (C=O) groups excluding carboxylic acids is 3. The van der Waals surface area contributed by atoms with Crippen LogP contribution in [0.3, 0.4) is 0 Å². The summed E-state index contributed by atoms with van der Waals surface area (Å²) in [5, 5.41) is 5.60. The monoisotopic (exact) mass is 563 g/mol. The van der Waals surface area contributed by atoms with Crippen LogP contribution < -0.4 is 15.5 Å². The highest BCUT2D eigenvalue weighted by molar-refractivity contribution is 6.07. The zero-order chi connectivity index (χ0) is 29.8. The molecule has 0 aliphatic carbocycles. The molecule has 0 bridgehead atoms. The van der Waals surface area contributed by atoms with Crippen LogP contribution in [-0.2, 0) is 9.47 Å². The van der Waals surface area contributed by atoms with E-state index in [1.165, 1.54) is 6.20 Å². The lowest BCUT2D eigenvalue weighted by Crippen LogP contribution is -2.50.